The summed E-state index contributed by atoms with van der Waals surface area (Å²) in [4.78, 5) is 5.27. The first-order valence-electron chi connectivity index (χ1n) is 24.1. The van der Waals surface area contributed by atoms with Crippen molar-refractivity contribution in [1.82, 2.24) is 0 Å². The standard InChI is InChI=1S/C58H54N2Si4/c1-61(2)53-31-29-42-41(57(53)43-27-25-39(37-55(43)61)59-45-17-5-9-21-49(45)63(33-13-14-34-63)50-22-10-6-18-46(50)59)30-32-54-58(42)44-28-26-40(38-56(44)62(54,3)4)60-47-19-7-11-23-51(47)64(35-15-16-36-64)52-24-12-8-20-48(52)60/h5-12,17-32,37-38H,13-16,33-36H2,1-4H3. The van der Waals surface area contributed by atoms with Crippen molar-refractivity contribution in [2.75, 3.05) is 9.80 Å². The van der Waals surface area contributed by atoms with E-state index in [1.807, 2.05) is 0 Å². The number of nitrogens with zero attached hydrogens (tertiary/aromatic N) is 2. The molecule has 0 bridgehead atoms. The molecule has 64 heavy (non-hydrogen) atoms. The minimum Gasteiger partial charge on any atom is -0.311 e. The molecule has 2 nitrogen and oxygen atoms in total. The van der Waals surface area contributed by atoms with Crippen LogP contribution >= 0.6 is 0 Å². The van der Waals surface area contributed by atoms with Crippen molar-refractivity contribution in [3.05, 3.63) is 158 Å². The van der Waals surface area contributed by atoms with Crippen LogP contribution in [0, 0.1) is 0 Å². The molecule has 2 fully saturated rings. The molecular formula is C58H54N2Si4. The third kappa shape index (κ3) is 4.69. The monoisotopic (exact) mass is 890 g/mol. The van der Waals surface area contributed by atoms with Gasteiger partial charge in [0, 0.05) is 34.1 Å². The van der Waals surface area contributed by atoms with Crippen LogP contribution in [0.2, 0.25) is 50.4 Å². The van der Waals surface area contributed by atoms with Gasteiger partial charge in [-0.15, -0.1) is 0 Å². The highest BCUT2D eigenvalue weighted by atomic mass is 28.3. The van der Waals surface area contributed by atoms with Gasteiger partial charge in [0.2, 0.25) is 0 Å². The maximum absolute atomic E-state index is 2.63. The lowest BCUT2D eigenvalue weighted by atomic mass is 9.92. The average Bonchev–Trinajstić information content (AvgIpc) is 4.11. The second-order valence-electron chi connectivity index (χ2n) is 21.1. The summed E-state index contributed by atoms with van der Waals surface area (Å²) in [7, 11) is -7.66. The SMILES string of the molecule is C[Si]1(C)c2cc(N3c4ccccc4[Si]4(CCCC4)c4ccccc43)ccc2-c2c1ccc1c3c(ccc21)[Si](C)(C)c1cc(N2c4ccccc4[Si]4(CCCC4)c4ccccc42)ccc1-3. The van der Waals surface area contributed by atoms with Gasteiger partial charge in [0.15, 0.2) is 0 Å². The zero-order valence-corrected chi connectivity index (χ0v) is 41.6. The van der Waals surface area contributed by atoms with Crippen molar-refractivity contribution < 1.29 is 0 Å². The summed E-state index contributed by atoms with van der Waals surface area (Å²) in [5.41, 5.74) is 14.2. The van der Waals surface area contributed by atoms with Crippen LogP contribution in [0.15, 0.2) is 158 Å². The van der Waals surface area contributed by atoms with E-state index in [4.69, 9.17) is 0 Å². The number of fused-ring (bicyclic) bond motifs is 17. The van der Waals surface area contributed by atoms with Gasteiger partial charge >= 0.3 is 0 Å². The summed E-state index contributed by atoms with van der Waals surface area (Å²) in [6.45, 7) is 10.4. The Kier molecular flexibility index (Phi) is 7.72. The lowest BCUT2D eigenvalue weighted by Gasteiger charge is -2.43. The molecule has 0 amide bonds. The highest BCUT2D eigenvalue weighted by Crippen LogP contribution is 2.48. The molecular weight excluding hydrogens is 837 g/mol. The van der Waals surface area contributed by atoms with Crippen LogP contribution in [-0.2, 0) is 0 Å². The van der Waals surface area contributed by atoms with E-state index in [-0.39, 0.29) is 0 Å². The first-order chi connectivity index (χ1) is 31.2. The van der Waals surface area contributed by atoms with Crippen LogP contribution in [-0.4, -0.2) is 32.3 Å². The van der Waals surface area contributed by atoms with Gasteiger partial charge in [0.25, 0.3) is 0 Å². The van der Waals surface area contributed by atoms with Crippen molar-refractivity contribution in [1.29, 1.82) is 0 Å². The van der Waals surface area contributed by atoms with Crippen LogP contribution in [0.1, 0.15) is 25.7 Å². The first kappa shape index (κ1) is 37.8. The molecule has 0 atom stereocenters. The van der Waals surface area contributed by atoms with Gasteiger partial charge in [0.1, 0.15) is 32.3 Å². The van der Waals surface area contributed by atoms with Crippen molar-refractivity contribution in [2.45, 2.75) is 76.0 Å². The summed E-state index contributed by atoms with van der Waals surface area (Å²) in [5, 5.41) is 15.8. The fourth-order valence-corrected chi connectivity index (χ4v) is 31.8. The number of hydrogen-bond acceptors (Lipinski definition) is 2. The van der Waals surface area contributed by atoms with Gasteiger partial charge in [0.05, 0.1) is 0 Å². The fraction of sp³-hybridized carbons (Fsp3) is 0.207. The zero-order valence-electron chi connectivity index (χ0n) is 37.6. The Morgan fingerprint density at radius 3 is 1.00 bits per heavy atom. The molecule has 2 spiro atoms. The highest BCUT2D eigenvalue weighted by Gasteiger charge is 2.50. The molecule has 8 aromatic rings. The third-order valence-electron chi connectivity index (χ3n) is 17.5. The largest absolute Gasteiger partial charge is 0.311 e. The molecule has 0 unspecified atom stereocenters. The molecule has 6 aliphatic rings. The predicted octanol–water partition coefficient (Wildman–Crippen LogP) is 10.7. The normalized spacial score (nSPS) is 19.2. The second kappa shape index (κ2) is 13.1. The fourth-order valence-electron chi connectivity index (χ4n) is 14.6. The molecule has 0 aromatic heterocycles. The third-order valence-corrected chi connectivity index (χ3v) is 35.2. The van der Waals surface area contributed by atoms with E-state index in [9.17, 15) is 0 Å². The summed E-state index contributed by atoms with van der Waals surface area (Å²) < 4.78 is 0. The molecule has 0 radical (unpaired) electrons. The predicted molar refractivity (Wildman–Crippen MR) is 285 cm³/mol. The van der Waals surface area contributed by atoms with Gasteiger partial charge in [-0.2, -0.15) is 0 Å². The van der Waals surface area contributed by atoms with Gasteiger partial charge in [-0.3, -0.25) is 0 Å². The molecule has 6 aliphatic heterocycles. The lowest BCUT2D eigenvalue weighted by Crippen LogP contribution is -2.61. The molecule has 312 valence electrons. The zero-order chi connectivity index (χ0) is 42.7. The highest BCUT2D eigenvalue weighted by molar-refractivity contribution is 7.06. The Balaban J connectivity index is 0.905. The van der Waals surface area contributed by atoms with Gasteiger partial charge in [-0.1, -0.05) is 161 Å². The Hall–Kier alpha value is -5.51. The van der Waals surface area contributed by atoms with Crippen LogP contribution < -0.4 is 51.3 Å². The number of hydrogen-bond donors (Lipinski definition) is 0. The molecule has 6 heteroatoms. The number of para-hydroxylation sites is 4. The maximum Gasteiger partial charge on any atom is 0.123 e. The van der Waals surface area contributed by atoms with Crippen molar-refractivity contribution in [2.24, 2.45) is 0 Å². The van der Waals surface area contributed by atoms with E-state index >= 15 is 0 Å². The number of anilines is 6. The Morgan fingerprint density at radius 2 is 0.656 bits per heavy atom. The van der Waals surface area contributed by atoms with E-state index < -0.39 is 32.3 Å². The van der Waals surface area contributed by atoms with Gasteiger partial charge in [-0.05, 0) is 147 Å². The summed E-state index contributed by atoms with van der Waals surface area (Å²) in [6, 6.07) is 68.7. The smallest absolute Gasteiger partial charge is 0.123 e. The molecule has 14 rings (SSSR count). The van der Waals surface area contributed by atoms with E-state index in [0.717, 1.165) is 0 Å². The van der Waals surface area contributed by atoms with Gasteiger partial charge < -0.3 is 9.80 Å². The van der Waals surface area contributed by atoms with Gasteiger partial charge in [-0.25, -0.2) is 0 Å². The summed E-state index contributed by atoms with van der Waals surface area (Å²) in [6.07, 6.45) is 5.44. The Labute approximate surface area is 382 Å². The van der Waals surface area contributed by atoms with E-state index in [1.54, 1.807) is 41.5 Å². The minimum atomic E-state index is -2.04. The first-order valence-corrected chi connectivity index (χ1v) is 34.9. The summed E-state index contributed by atoms with van der Waals surface area (Å²) in [5.74, 6) is 0. The lowest BCUT2D eigenvalue weighted by molar-refractivity contribution is 0.935. The maximum atomic E-state index is 2.63. The topological polar surface area (TPSA) is 6.48 Å². The second-order valence-corrected chi connectivity index (χ2v) is 38.2. The Bertz CT molecular complexity index is 3010. The van der Waals surface area contributed by atoms with Crippen molar-refractivity contribution >= 4 is 119 Å². The molecule has 8 aromatic carbocycles. The van der Waals surface area contributed by atoms with Crippen LogP contribution in [0.25, 0.3) is 33.0 Å². The van der Waals surface area contributed by atoms with Crippen molar-refractivity contribution in [3.8, 4) is 22.3 Å². The average molecular weight is 891 g/mol. The van der Waals surface area contributed by atoms with E-state index in [0.29, 0.717) is 0 Å². The molecule has 0 saturated carbocycles. The van der Waals surface area contributed by atoms with E-state index in [1.165, 1.54) is 117 Å². The van der Waals surface area contributed by atoms with Crippen LogP contribution in [0.3, 0.4) is 0 Å². The molecule has 0 aliphatic carbocycles. The minimum absolute atomic E-state index is 1.32. The molecule has 0 N–H and O–H groups in total. The molecule has 2 saturated heterocycles. The quantitative estimate of drug-likeness (QED) is 0.160. The van der Waals surface area contributed by atoms with Crippen LogP contribution in [0.5, 0.6) is 0 Å². The number of benzene rings is 8. The Morgan fingerprint density at radius 1 is 0.328 bits per heavy atom. The van der Waals surface area contributed by atoms with Crippen LogP contribution in [0.4, 0.5) is 34.1 Å². The summed E-state index contributed by atoms with van der Waals surface area (Å²) >= 11 is 0. The number of rotatable bonds is 2. The van der Waals surface area contributed by atoms with E-state index in [2.05, 4.69) is 194 Å². The van der Waals surface area contributed by atoms with Crippen molar-refractivity contribution in [3.63, 3.8) is 0 Å². The molecule has 6 heterocycles.